The smallest absolute Gasteiger partial charge is 0.315 e. The van der Waals surface area contributed by atoms with E-state index in [0.717, 1.165) is 25.3 Å². The van der Waals surface area contributed by atoms with Gasteiger partial charge in [0.15, 0.2) is 0 Å². The molecule has 106 valence electrons. The number of nitrogens with one attached hydrogen (secondary N) is 2. The lowest BCUT2D eigenvalue weighted by atomic mass is 10.2. The molecule has 1 rings (SSSR count). The number of carbonyl (C=O) groups is 1. The molecule has 1 aliphatic heterocycles. The SMILES string of the molecule is CCN(CC)[C@@H](C)CNC(=O)N[C@H]1CCCSC1. The summed E-state index contributed by atoms with van der Waals surface area (Å²) in [5.41, 5.74) is 0. The largest absolute Gasteiger partial charge is 0.337 e. The van der Waals surface area contributed by atoms with Crippen molar-refractivity contribution in [1.29, 1.82) is 0 Å². The topological polar surface area (TPSA) is 44.4 Å². The molecular formula is C13H27N3OS. The van der Waals surface area contributed by atoms with Crippen LogP contribution in [0.1, 0.15) is 33.6 Å². The third kappa shape index (κ3) is 5.48. The molecule has 0 aromatic heterocycles. The first kappa shape index (κ1) is 15.6. The maximum absolute atomic E-state index is 11.8. The molecule has 0 radical (unpaired) electrons. The molecule has 1 heterocycles. The van der Waals surface area contributed by atoms with Gasteiger partial charge in [0.2, 0.25) is 0 Å². The Morgan fingerprint density at radius 2 is 2.17 bits per heavy atom. The van der Waals surface area contributed by atoms with E-state index < -0.39 is 0 Å². The van der Waals surface area contributed by atoms with Gasteiger partial charge in [0, 0.05) is 24.4 Å². The van der Waals surface area contributed by atoms with Crippen LogP contribution in [-0.2, 0) is 0 Å². The first-order chi connectivity index (χ1) is 8.67. The summed E-state index contributed by atoms with van der Waals surface area (Å²) in [6, 6.07) is 0.737. The van der Waals surface area contributed by atoms with Gasteiger partial charge < -0.3 is 10.6 Å². The van der Waals surface area contributed by atoms with E-state index in [9.17, 15) is 4.79 Å². The number of hydrogen-bond acceptors (Lipinski definition) is 3. The zero-order valence-electron chi connectivity index (χ0n) is 11.9. The molecule has 1 fully saturated rings. The van der Waals surface area contributed by atoms with E-state index in [2.05, 4.69) is 36.3 Å². The van der Waals surface area contributed by atoms with Crippen LogP contribution in [-0.4, -0.2) is 54.2 Å². The first-order valence-electron chi connectivity index (χ1n) is 7.03. The van der Waals surface area contributed by atoms with E-state index in [1.807, 2.05) is 11.8 Å². The quantitative estimate of drug-likeness (QED) is 0.777. The Morgan fingerprint density at radius 1 is 1.44 bits per heavy atom. The summed E-state index contributed by atoms with van der Waals surface area (Å²) < 4.78 is 0. The minimum absolute atomic E-state index is 0.0125. The molecule has 1 saturated heterocycles. The highest BCUT2D eigenvalue weighted by molar-refractivity contribution is 7.99. The third-order valence-corrected chi connectivity index (χ3v) is 4.70. The van der Waals surface area contributed by atoms with Crippen LogP contribution in [0.25, 0.3) is 0 Å². The number of thioether (sulfide) groups is 1. The van der Waals surface area contributed by atoms with Gasteiger partial charge in [-0.25, -0.2) is 4.79 Å². The van der Waals surface area contributed by atoms with Crippen LogP contribution in [0.5, 0.6) is 0 Å². The maximum atomic E-state index is 11.8. The van der Waals surface area contributed by atoms with Crippen molar-refractivity contribution in [2.24, 2.45) is 0 Å². The van der Waals surface area contributed by atoms with Crippen LogP contribution < -0.4 is 10.6 Å². The zero-order valence-corrected chi connectivity index (χ0v) is 12.7. The Hall–Kier alpha value is -0.420. The lowest BCUT2D eigenvalue weighted by Crippen LogP contribution is -2.48. The Bertz CT molecular complexity index is 240. The standard InChI is InChI=1S/C13H27N3OS/c1-4-16(5-2)11(3)9-14-13(17)15-12-7-6-8-18-10-12/h11-12H,4-10H2,1-3H3,(H2,14,15,17)/t11-,12-/m0/s1. The van der Waals surface area contributed by atoms with E-state index >= 15 is 0 Å². The molecule has 1 aliphatic rings. The fourth-order valence-electron chi connectivity index (χ4n) is 2.31. The lowest BCUT2D eigenvalue weighted by Gasteiger charge is -2.27. The molecular weight excluding hydrogens is 246 g/mol. The van der Waals surface area contributed by atoms with Crippen molar-refractivity contribution in [3.8, 4) is 0 Å². The van der Waals surface area contributed by atoms with Crippen LogP contribution >= 0.6 is 11.8 Å². The Balaban J connectivity index is 2.19. The highest BCUT2D eigenvalue weighted by Gasteiger charge is 2.16. The van der Waals surface area contributed by atoms with Gasteiger partial charge >= 0.3 is 6.03 Å². The second kappa shape index (κ2) is 8.64. The second-order valence-corrected chi connectivity index (χ2v) is 5.99. The lowest BCUT2D eigenvalue weighted by molar-refractivity contribution is 0.213. The molecule has 0 aliphatic carbocycles. The predicted molar refractivity (Wildman–Crippen MR) is 79.3 cm³/mol. The number of nitrogens with zero attached hydrogens (tertiary/aromatic N) is 1. The molecule has 2 atom stereocenters. The number of urea groups is 1. The fraction of sp³-hybridized carbons (Fsp3) is 0.923. The summed E-state index contributed by atoms with van der Waals surface area (Å²) in [7, 11) is 0. The Labute approximate surface area is 115 Å². The molecule has 0 aromatic carbocycles. The average Bonchev–Trinajstić information content (AvgIpc) is 2.39. The predicted octanol–water partition coefficient (Wildman–Crippen LogP) is 1.91. The normalized spacial score (nSPS) is 21.7. The second-order valence-electron chi connectivity index (χ2n) is 4.84. The minimum Gasteiger partial charge on any atom is -0.337 e. The number of likely N-dealkylation sites (N-methyl/N-ethyl adjacent to an activating group) is 1. The Kier molecular flexibility index (Phi) is 7.51. The molecule has 5 heteroatoms. The summed E-state index contributed by atoms with van der Waals surface area (Å²) in [6.07, 6.45) is 2.33. The van der Waals surface area contributed by atoms with Gasteiger partial charge in [-0.15, -0.1) is 0 Å². The van der Waals surface area contributed by atoms with E-state index in [-0.39, 0.29) is 6.03 Å². The summed E-state index contributed by atoms with van der Waals surface area (Å²) in [4.78, 5) is 14.1. The van der Waals surface area contributed by atoms with Gasteiger partial charge in [-0.1, -0.05) is 13.8 Å². The van der Waals surface area contributed by atoms with E-state index in [1.165, 1.54) is 12.2 Å². The number of carbonyl (C=O) groups excluding carboxylic acids is 1. The summed E-state index contributed by atoms with van der Waals surface area (Å²) in [6.45, 7) is 9.23. The monoisotopic (exact) mass is 273 g/mol. The third-order valence-electron chi connectivity index (χ3n) is 3.49. The minimum atomic E-state index is -0.0125. The van der Waals surface area contributed by atoms with Crippen molar-refractivity contribution in [3.63, 3.8) is 0 Å². The average molecular weight is 273 g/mol. The molecule has 18 heavy (non-hydrogen) atoms. The Morgan fingerprint density at radius 3 is 2.72 bits per heavy atom. The molecule has 0 unspecified atom stereocenters. The van der Waals surface area contributed by atoms with Crippen LogP contribution in [0.3, 0.4) is 0 Å². The van der Waals surface area contributed by atoms with Crippen molar-refractivity contribution < 1.29 is 4.79 Å². The molecule has 4 nitrogen and oxygen atoms in total. The number of hydrogen-bond donors (Lipinski definition) is 2. The van der Waals surface area contributed by atoms with E-state index in [4.69, 9.17) is 0 Å². The van der Waals surface area contributed by atoms with Crippen molar-refractivity contribution in [1.82, 2.24) is 15.5 Å². The molecule has 0 spiro atoms. The van der Waals surface area contributed by atoms with E-state index in [1.54, 1.807) is 0 Å². The molecule has 0 bridgehead atoms. The molecule has 0 aromatic rings. The van der Waals surface area contributed by atoms with Crippen molar-refractivity contribution >= 4 is 17.8 Å². The summed E-state index contributed by atoms with van der Waals surface area (Å²) in [5.74, 6) is 2.29. The molecule has 2 amide bonds. The van der Waals surface area contributed by atoms with Gasteiger partial charge in [0.1, 0.15) is 0 Å². The van der Waals surface area contributed by atoms with Gasteiger partial charge in [-0.3, -0.25) is 4.90 Å². The summed E-state index contributed by atoms with van der Waals surface area (Å²) >= 11 is 1.93. The summed E-state index contributed by atoms with van der Waals surface area (Å²) in [5, 5.41) is 6.04. The fourth-order valence-corrected chi connectivity index (χ4v) is 3.38. The highest BCUT2D eigenvalue weighted by atomic mass is 32.2. The van der Waals surface area contributed by atoms with Crippen LogP contribution in [0.2, 0.25) is 0 Å². The van der Waals surface area contributed by atoms with Crippen molar-refractivity contribution in [2.75, 3.05) is 31.1 Å². The van der Waals surface area contributed by atoms with Crippen molar-refractivity contribution in [2.45, 2.75) is 45.7 Å². The van der Waals surface area contributed by atoms with Gasteiger partial charge in [-0.2, -0.15) is 11.8 Å². The van der Waals surface area contributed by atoms with Crippen LogP contribution in [0, 0.1) is 0 Å². The van der Waals surface area contributed by atoms with Gasteiger partial charge in [-0.05, 0) is 38.6 Å². The van der Waals surface area contributed by atoms with Crippen molar-refractivity contribution in [3.05, 3.63) is 0 Å². The molecule has 2 N–H and O–H groups in total. The number of amides is 2. The maximum Gasteiger partial charge on any atom is 0.315 e. The van der Waals surface area contributed by atoms with Crippen LogP contribution in [0.15, 0.2) is 0 Å². The highest BCUT2D eigenvalue weighted by Crippen LogP contribution is 2.16. The zero-order chi connectivity index (χ0) is 13.4. The van der Waals surface area contributed by atoms with Gasteiger partial charge in [0.05, 0.1) is 0 Å². The number of rotatable bonds is 6. The molecule has 0 saturated carbocycles. The van der Waals surface area contributed by atoms with E-state index in [0.29, 0.717) is 18.6 Å². The first-order valence-corrected chi connectivity index (χ1v) is 8.19. The van der Waals surface area contributed by atoms with Gasteiger partial charge in [0.25, 0.3) is 0 Å². The van der Waals surface area contributed by atoms with Crippen LogP contribution in [0.4, 0.5) is 4.79 Å².